The SMILES string of the molecule is CC(C)(C)C(=O)NCc1ccc(C(O)c2ccsc2)s1. The molecule has 0 aromatic carbocycles. The molecule has 2 heterocycles. The van der Waals surface area contributed by atoms with E-state index in [-0.39, 0.29) is 11.3 Å². The van der Waals surface area contributed by atoms with E-state index in [0.29, 0.717) is 6.54 Å². The average Bonchev–Trinajstić information content (AvgIpc) is 3.05. The molecule has 2 aromatic heterocycles. The van der Waals surface area contributed by atoms with Crippen LogP contribution in [0.3, 0.4) is 0 Å². The normalized spacial score (nSPS) is 13.2. The van der Waals surface area contributed by atoms with Gasteiger partial charge in [0, 0.05) is 15.2 Å². The van der Waals surface area contributed by atoms with Crippen molar-refractivity contribution >= 4 is 28.6 Å². The summed E-state index contributed by atoms with van der Waals surface area (Å²) in [5.74, 6) is 0.0332. The van der Waals surface area contributed by atoms with Gasteiger partial charge in [-0.3, -0.25) is 4.79 Å². The molecular weight excluding hydrogens is 290 g/mol. The molecule has 1 amide bonds. The van der Waals surface area contributed by atoms with Crippen LogP contribution in [0.1, 0.15) is 42.2 Å². The van der Waals surface area contributed by atoms with E-state index in [1.54, 1.807) is 11.3 Å². The second-order valence-electron chi connectivity index (χ2n) is 5.70. The van der Waals surface area contributed by atoms with Crippen molar-refractivity contribution in [2.24, 2.45) is 5.41 Å². The van der Waals surface area contributed by atoms with Gasteiger partial charge in [0.05, 0.1) is 6.54 Å². The van der Waals surface area contributed by atoms with Gasteiger partial charge in [0.1, 0.15) is 6.10 Å². The molecule has 0 aliphatic heterocycles. The summed E-state index contributed by atoms with van der Waals surface area (Å²) in [6.07, 6.45) is -0.571. The van der Waals surface area contributed by atoms with Gasteiger partial charge in [-0.1, -0.05) is 20.8 Å². The summed E-state index contributed by atoms with van der Waals surface area (Å²) >= 11 is 3.11. The molecule has 0 aliphatic rings. The first-order chi connectivity index (χ1) is 9.38. The Bertz CT molecular complexity index is 567. The minimum absolute atomic E-state index is 0.0332. The number of hydrogen-bond acceptors (Lipinski definition) is 4. The van der Waals surface area contributed by atoms with Gasteiger partial charge in [-0.05, 0) is 34.5 Å². The summed E-state index contributed by atoms with van der Waals surface area (Å²) in [6, 6.07) is 5.81. The van der Waals surface area contributed by atoms with Gasteiger partial charge in [-0.15, -0.1) is 11.3 Å². The lowest BCUT2D eigenvalue weighted by Crippen LogP contribution is -2.34. The van der Waals surface area contributed by atoms with E-state index in [2.05, 4.69) is 5.32 Å². The average molecular weight is 309 g/mol. The quantitative estimate of drug-likeness (QED) is 0.907. The number of thiophene rings is 2. The van der Waals surface area contributed by atoms with Crippen LogP contribution in [0.2, 0.25) is 0 Å². The molecule has 1 unspecified atom stereocenters. The Kier molecular flexibility index (Phi) is 4.62. The second-order valence-corrected chi connectivity index (χ2v) is 7.68. The van der Waals surface area contributed by atoms with Crippen LogP contribution in [0, 0.1) is 5.41 Å². The molecule has 5 heteroatoms. The van der Waals surface area contributed by atoms with E-state index in [1.165, 1.54) is 11.3 Å². The summed E-state index contributed by atoms with van der Waals surface area (Å²) < 4.78 is 0. The molecule has 0 saturated heterocycles. The smallest absolute Gasteiger partial charge is 0.225 e. The fourth-order valence-corrected chi connectivity index (χ4v) is 3.31. The zero-order valence-corrected chi connectivity index (χ0v) is 13.5. The van der Waals surface area contributed by atoms with Crippen LogP contribution in [0.25, 0.3) is 0 Å². The predicted molar refractivity (Wildman–Crippen MR) is 84.0 cm³/mol. The van der Waals surface area contributed by atoms with Crippen molar-refractivity contribution in [1.29, 1.82) is 0 Å². The first-order valence-corrected chi connectivity index (χ1v) is 8.21. The van der Waals surface area contributed by atoms with Crippen LogP contribution in [-0.2, 0) is 11.3 Å². The Morgan fingerprint density at radius 1 is 1.35 bits per heavy atom. The molecular formula is C15H19NO2S2. The van der Waals surface area contributed by atoms with Gasteiger partial charge >= 0.3 is 0 Å². The lowest BCUT2D eigenvalue weighted by molar-refractivity contribution is -0.128. The maximum Gasteiger partial charge on any atom is 0.225 e. The number of hydrogen-bond donors (Lipinski definition) is 2. The molecule has 20 heavy (non-hydrogen) atoms. The Morgan fingerprint density at radius 2 is 2.10 bits per heavy atom. The number of aliphatic hydroxyl groups excluding tert-OH is 1. The number of carbonyl (C=O) groups is 1. The fourth-order valence-electron chi connectivity index (χ4n) is 1.66. The maximum atomic E-state index is 11.8. The molecule has 0 spiro atoms. The monoisotopic (exact) mass is 309 g/mol. The van der Waals surface area contributed by atoms with Crippen molar-refractivity contribution in [2.75, 3.05) is 0 Å². The molecule has 1 atom stereocenters. The highest BCUT2D eigenvalue weighted by atomic mass is 32.1. The Hall–Kier alpha value is -1.17. The molecule has 0 fully saturated rings. The maximum absolute atomic E-state index is 11.8. The third kappa shape index (κ3) is 3.69. The summed E-state index contributed by atoms with van der Waals surface area (Å²) in [4.78, 5) is 13.8. The first-order valence-electron chi connectivity index (χ1n) is 6.45. The van der Waals surface area contributed by atoms with E-state index in [9.17, 15) is 9.90 Å². The molecule has 2 aromatic rings. The van der Waals surface area contributed by atoms with Crippen molar-refractivity contribution in [2.45, 2.75) is 33.4 Å². The van der Waals surface area contributed by atoms with E-state index >= 15 is 0 Å². The first kappa shape index (κ1) is 15.2. The van der Waals surface area contributed by atoms with Crippen molar-refractivity contribution in [3.63, 3.8) is 0 Å². The molecule has 3 nitrogen and oxygen atoms in total. The molecule has 0 aliphatic carbocycles. The zero-order chi connectivity index (χ0) is 14.8. The summed E-state index contributed by atoms with van der Waals surface area (Å²) in [6.45, 7) is 6.19. The molecule has 0 radical (unpaired) electrons. The zero-order valence-electron chi connectivity index (χ0n) is 11.8. The van der Waals surface area contributed by atoms with Crippen molar-refractivity contribution < 1.29 is 9.90 Å². The Balaban J connectivity index is 1.98. The van der Waals surface area contributed by atoms with Gasteiger partial charge in [0.15, 0.2) is 0 Å². The molecule has 2 N–H and O–H groups in total. The topological polar surface area (TPSA) is 49.3 Å². The van der Waals surface area contributed by atoms with Crippen LogP contribution in [-0.4, -0.2) is 11.0 Å². The van der Waals surface area contributed by atoms with Crippen molar-refractivity contribution in [3.05, 3.63) is 44.3 Å². The van der Waals surface area contributed by atoms with E-state index in [1.807, 2.05) is 49.7 Å². The lowest BCUT2D eigenvalue weighted by Gasteiger charge is -2.17. The molecule has 2 rings (SSSR count). The van der Waals surface area contributed by atoms with Gasteiger partial charge in [-0.2, -0.15) is 11.3 Å². The third-order valence-electron chi connectivity index (χ3n) is 2.92. The molecule has 108 valence electrons. The predicted octanol–water partition coefficient (Wildman–Crippen LogP) is 3.55. The van der Waals surface area contributed by atoms with Crippen LogP contribution in [0.15, 0.2) is 29.0 Å². The molecule has 0 saturated carbocycles. The van der Waals surface area contributed by atoms with Crippen molar-refractivity contribution in [3.8, 4) is 0 Å². The highest BCUT2D eigenvalue weighted by Gasteiger charge is 2.21. The Labute approximate surface area is 127 Å². The van der Waals surface area contributed by atoms with Crippen LogP contribution in [0.4, 0.5) is 0 Å². The highest BCUT2D eigenvalue weighted by Crippen LogP contribution is 2.29. The lowest BCUT2D eigenvalue weighted by atomic mass is 9.96. The van der Waals surface area contributed by atoms with Gasteiger partial charge < -0.3 is 10.4 Å². The van der Waals surface area contributed by atoms with Gasteiger partial charge in [0.2, 0.25) is 5.91 Å². The number of amides is 1. The summed E-state index contributed by atoms with van der Waals surface area (Å²) in [5.41, 5.74) is 0.540. The second kappa shape index (κ2) is 6.08. The number of nitrogens with one attached hydrogen (secondary N) is 1. The van der Waals surface area contributed by atoms with E-state index in [4.69, 9.17) is 0 Å². The van der Waals surface area contributed by atoms with Gasteiger partial charge in [-0.25, -0.2) is 0 Å². The minimum atomic E-state index is -0.571. The molecule has 0 bridgehead atoms. The summed E-state index contributed by atoms with van der Waals surface area (Å²) in [7, 11) is 0. The third-order valence-corrected chi connectivity index (χ3v) is 4.75. The van der Waals surface area contributed by atoms with E-state index < -0.39 is 6.10 Å². The fraction of sp³-hybridized carbons (Fsp3) is 0.400. The summed E-state index contributed by atoms with van der Waals surface area (Å²) in [5, 5.41) is 17.1. The minimum Gasteiger partial charge on any atom is -0.383 e. The van der Waals surface area contributed by atoms with Crippen molar-refractivity contribution in [1.82, 2.24) is 5.32 Å². The number of rotatable bonds is 4. The largest absolute Gasteiger partial charge is 0.383 e. The number of carbonyl (C=O) groups excluding carboxylic acids is 1. The highest BCUT2D eigenvalue weighted by molar-refractivity contribution is 7.12. The van der Waals surface area contributed by atoms with Crippen LogP contribution in [0.5, 0.6) is 0 Å². The van der Waals surface area contributed by atoms with Crippen LogP contribution >= 0.6 is 22.7 Å². The van der Waals surface area contributed by atoms with Crippen LogP contribution < -0.4 is 5.32 Å². The van der Waals surface area contributed by atoms with E-state index in [0.717, 1.165) is 15.3 Å². The standard InChI is InChI=1S/C15H19NO2S2/c1-15(2,3)14(18)16-8-11-4-5-12(20-11)13(17)10-6-7-19-9-10/h4-7,9,13,17H,8H2,1-3H3,(H,16,18). The Morgan fingerprint density at radius 3 is 2.70 bits per heavy atom. The number of aliphatic hydroxyl groups is 1. The van der Waals surface area contributed by atoms with Gasteiger partial charge in [0.25, 0.3) is 0 Å².